The lowest BCUT2D eigenvalue weighted by Crippen LogP contribution is -2.61. The number of thiol groups is 2. The van der Waals surface area contributed by atoms with Gasteiger partial charge in [-0.25, -0.2) is 0 Å². The van der Waals surface area contributed by atoms with Gasteiger partial charge in [0.05, 0.1) is 6.61 Å². The van der Waals surface area contributed by atoms with Crippen LogP contribution in [-0.4, -0.2) is 51.8 Å². The molecule has 2 N–H and O–H groups in total. The number of hydrogen-bond donors (Lipinski definition) is 4. The first-order valence-electron chi connectivity index (χ1n) is 5.79. The van der Waals surface area contributed by atoms with Gasteiger partial charge in [-0.1, -0.05) is 0 Å². The number of rotatable bonds is 4. The van der Waals surface area contributed by atoms with E-state index in [0.717, 1.165) is 0 Å². The Balaban J connectivity index is 2.72. The van der Waals surface area contributed by atoms with Crippen molar-refractivity contribution in [2.75, 3.05) is 6.61 Å². The minimum Gasteiger partial charge on any atom is -0.387 e. The van der Waals surface area contributed by atoms with Crippen molar-refractivity contribution in [1.82, 2.24) is 0 Å². The molecule has 1 aliphatic rings. The topological polar surface area (TPSA) is 68.2 Å². The summed E-state index contributed by atoms with van der Waals surface area (Å²) in [6, 6.07) is 0. The highest BCUT2D eigenvalue weighted by Gasteiger charge is 2.47. The molecule has 1 rings (SSSR count). The minimum atomic E-state index is -1.11. The summed E-state index contributed by atoms with van der Waals surface area (Å²) in [7, 11) is 0. The van der Waals surface area contributed by atoms with Crippen LogP contribution in [0.3, 0.4) is 0 Å². The quantitative estimate of drug-likeness (QED) is 0.351. The molecular weight excluding hydrogens is 276 g/mol. The van der Waals surface area contributed by atoms with Gasteiger partial charge in [0, 0.05) is 0 Å². The van der Waals surface area contributed by atoms with E-state index in [0.29, 0.717) is 0 Å². The number of ether oxygens (including phenoxy) is 2. The Hall–Kier alpha value is 0.500. The highest BCUT2D eigenvalue weighted by atomic mass is 32.1. The Morgan fingerprint density at radius 1 is 1.17 bits per heavy atom. The molecule has 0 unspecified atom stereocenters. The maximum absolute atomic E-state index is 10.1. The van der Waals surface area contributed by atoms with Gasteiger partial charge < -0.3 is 23.9 Å². The minimum absolute atomic E-state index is 0.160. The van der Waals surface area contributed by atoms with Crippen molar-refractivity contribution < 1.29 is 23.9 Å². The molecule has 18 heavy (non-hydrogen) atoms. The third-order valence-electron chi connectivity index (χ3n) is 2.84. The zero-order chi connectivity index (χ0) is 14.1. The molecule has 5 nitrogen and oxygen atoms in total. The van der Waals surface area contributed by atoms with Crippen molar-refractivity contribution >= 4 is 25.5 Å². The van der Waals surface area contributed by atoms with Crippen molar-refractivity contribution in [3.8, 4) is 0 Å². The molecule has 0 bridgehead atoms. The molecule has 0 aliphatic carbocycles. The van der Waals surface area contributed by atoms with Gasteiger partial charge in [0.15, 0.2) is 0 Å². The normalized spacial score (nSPS) is 34.7. The average Bonchev–Trinajstić information content (AvgIpc) is 2.23. The zero-order valence-electron chi connectivity index (χ0n) is 11.0. The first-order chi connectivity index (χ1) is 8.08. The van der Waals surface area contributed by atoms with Crippen LogP contribution in [0.5, 0.6) is 0 Å². The second kappa shape index (κ2) is 5.87. The SMILES string of the molecule is CC(C)(S)O[C@@H]1CO[C@@H](C(C)(C)OS)[C@@H](O)[C@H]1O. The van der Waals surface area contributed by atoms with E-state index in [4.69, 9.17) is 13.7 Å². The molecule has 1 fully saturated rings. The van der Waals surface area contributed by atoms with Gasteiger partial charge in [0.25, 0.3) is 0 Å². The number of aliphatic hydroxyl groups is 2. The molecule has 108 valence electrons. The maximum atomic E-state index is 10.1. The first-order valence-corrected chi connectivity index (χ1v) is 6.60. The number of aliphatic hydroxyl groups excluding tert-OH is 2. The smallest absolute Gasteiger partial charge is 0.116 e. The van der Waals surface area contributed by atoms with Crippen LogP contribution in [0.15, 0.2) is 0 Å². The van der Waals surface area contributed by atoms with E-state index in [1.807, 2.05) is 0 Å². The van der Waals surface area contributed by atoms with Gasteiger partial charge in [-0.2, -0.15) is 0 Å². The molecule has 0 aromatic rings. The fourth-order valence-electron chi connectivity index (χ4n) is 1.93. The van der Waals surface area contributed by atoms with Crippen molar-refractivity contribution in [3.05, 3.63) is 0 Å². The Kier molecular flexibility index (Phi) is 5.39. The summed E-state index contributed by atoms with van der Waals surface area (Å²) in [6.45, 7) is 7.12. The average molecular weight is 298 g/mol. The molecule has 0 aromatic carbocycles. The summed E-state index contributed by atoms with van der Waals surface area (Å²) in [4.78, 5) is -0.711. The van der Waals surface area contributed by atoms with Gasteiger partial charge in [0.2, 0.25) is 0 Å². The summed E-state index contributed by atoms with van der Waals surface area (Å²) in [5.74, 6) is 0. The van der Waals surface area contributed by atoms with Gasteiger partial charge in [-0.15, -0.1) is 12.6 Å². The van der Waals surface area contributed by atoms with Crippen LogP contribution in [0, 0.1) is 0 Å². The second-order valence-corrected chi connectivity index (χ2v) is 6.79. The number of hydrogen-bond acceptors (Lipinski definition) is 7. The third kappa shape index (κ3) is 4.00. The van der Waals surface area contributed by atoms with Crippen LogP contribution in [0.25, 0.3) is 0 Å². The van der Waals surface area contributed by atoms with E-state index < -0.39 is 34.9 Å². The second-order valence-electron chi connectivity index (χ2n) is 5.53. The molecule has 1 saturated heterocycles. The monoisotopic (exact) mass is 298 g/mol. The lowest BCUT2D eigenvalue weighted by Gasteiger charge is -2.44. The van der Waals surface area contributed by atoms with Gasteiger partial charge in [-0.3, -0.25) is 0 Å². The molecule has 1 heterocycles. The largest absolute Gasteiger partial charge is 0.387 e. The summed E-state index contributed by atoms with van der Waals surface area (Å²) >= 11 is 7.98. The van der Waals surface area contributed by atoms with E-state index >= 15 is 0 Å². The van der Waals surface area contributed by atoms with E-state index in [1.165, 1.54) is 0 Å². The molecule has 0 aromatic heterocycles. The predicted molar refractivity (Wildman–Crippen MR) is 73.8 cm³/mol. The lowest BCUT2D eigenvalue weighted by atomic mass is 9.89. The van der Waals surface area contributed by atoms with Crippen LogP contribution < -0.4 is 0 Å². The molecule has 0 spiro atoms. The predicted octanol–water partition coefficient (Wildman–Crippen LogP) is 0.798. The molecule has 4 atom stereocenters. The van der Waals surface area contributed by atoms with E-state index in [2.05, 4.69) is 25.5 Å². The maximum Gasteiger partial charge on any atom is 0.116 e. The summed E-state index contributed by atoms with van der Waals surface area (Å²) in [5.41, 5.74) is -0.815. The highest BCUT2D eigenvalue weighted by Crippen LogP contribution is 2.31. The molecule has 7 heteroatoms. The summed E-state index contributed by atoms with van der Waals surface area (Å²) in [6.07, 6.45) is -3.47. The van der Waals surface area contributed by atoms with Crippen LogP contribution in [-0.2, 0) is 13.7 Å². The first kappa shape index (κ1) is 16.6. The Morgan fingerprint density at radius 2 is 1.72 bits per heavy atom. The zero-order valence-corrected chi connectivity index (χ0v) is 12.8. The van der Waals surface area contributed by atoms with Gasteiger partial charge >= 0.3 is 0 Å². The standard InChI is InChI=1S/C11H22O5S2/c1-10(2,16-18)9-8(13)7(12)6(5-14-9)15-11(3,4)17/h6-9,12-13,17-18H,5H2,1-4H3/t6-,7+,8+,9-/m1/s1. The van der Waals surface area contributed by atoms with Crippen molar-refractivity contribution in [3.63, 3.8) is 0 Å². The highest BCUT2D eigenvalue weighted by molar-refractivity contribution is 7.81. The fourth-order valence-corrected chi connectivity index (χ4v) is 2.17. The Morgan fingerprint density at radius 3 is 2.17 bits per heavy atom. The Bertz CT molecular complexity index is 279. The third-order valence-corrected chi connectivity index (χ3v) is 3.42. The molecule has 0 saturated carbocycles. The molecule has 0 amide bonds. The van der Waals surface area contributed by atoms with Gasteiger partial charge in [-0.05, 0) is 40.6 Å². The van der Waals surface area contributed by atoms with E-state index in [-0.39, 0.29) is 6.61 Å². The van der Waals surface area contributed by atoms with Crippen molar-refractivity contribution in [1.29, 1.82) is 0 Å². The Labute approximate surface area is 119 Å². The molecule has 0 radical (unpaired) electrons. The fraction of sp³-hybridized carbons (Fsp3) is 1.00. The van der Waals surface area contributed by atoms with Gasteiger partial charge in [0.1, 0.15) is 34.9 Å². The van der Waals surface area contributed by atoms with Crippen molar-refractivity contribution in [2.45, 2.75) is 62.6 Å². The summed E-state index contributed by atoms with van der Waals surface area (Å²) < 4.78 is 16.0. The van der Waals surface area contributed by atoms with Crippen LogP contribution in [0.1, 0.15) is 27.7 Å². The summed E-state index contributed by atoms with van der Waals surface area (Å²) in [5, 5.41) is 20.1. The van der Waals surface area contributed by atoms with E-state index in [9.17, 15) is 10.2 Å². The lowest BCUT2D eigenvalue weighted by molar-refractivity contribution is -0.240. The molecular formula is C11H22O5S2. The van der Waals surface area contributed by atoms with E-state index in [1.54, 1.807) is 27.7 Å². The molecule has 1 aliphatic heterocycles. The van der Waals surface area contributed by atoms with Crippen LogP contribution >= 0.6 is 25.5 Å². The van der Waals surface area contributed by atoms with Crippen LogP contribution in [0.4, 0.5) is 0 Å². The van der Waals surface area contributed by atoms with Crippen LogP contribution in [0.2, 0.25) is 0 Å². The van der Waals surface area contributed by atoms with Crippen molar-refractivity contribution in [2.24, 2.45) is 0 Å².